The van der Waals surface area contributed by atoms with E-state index in [0.29, 0.717) is 5.82 Å². The lowest BCUT2D eigenvalue weighted by molar-refractivity contribution is 0.413. The predicted molar refractivity (Wildman–Crippen MR) is 116 cm³/mol. The summed E-state index contributed by atoms with van der Waals surface area (Å²) < 4.78 is 9.47. The number of benzene rings is 2. The van der Waals surface area contributed by atoms with Crippen molar-refractivity contribution in [2.45, 2.75) is 25.8 Å². The van der Waals surface area contributed by atoms with Crippen LogP contribution in [0.3, 0.4) is 0 Å². The van der Waals surface area contributed by atoms with Gasteiger partial charge in [0.2, 0.25) is 0 Å². The van der Waals surface area contributed by atoms with Crippen molar-refractivity contribution in [3.8, 4) is 22.8 Å². The van der Waals surface area contributed by atoms with E-state index < -0.39 is 0 Å². The third kappa shape index (κ3) is 3.22. The van der Waals surface area contributed by atoms with Crippen LogP contribution in [0.2, 0.25) is 0 Å². The molecule has 1 N–H and O–H groups in total. The summed E-state index contributed by atoms with van der Waals surface area (Å²) in [5, 5.41) is 8.30. The minimum Gasteiger partial charge on any atom is -0.495 e. The number of hydrogen-bond donors (Lipinski definition) is 1. The third-order valence-corrected chi connectivity index (χ3v) is 5.59. The first-order valence-electron chi connectivity index (χ1n) is 10.1. The van der Waals surface area contributed by atoms with Crippen LogP contribution in [0.1, 0.15) is 29.5 Å². The van der Waals surface area contributed by atoms with Crippen LogP contribution in [-0.4, -0.2) is 31.4 Å². The van der Waals surface area contributed by atoms with Crippen LogP contribution in [-0.2, 0) is 13.5 Å². The number of aryl methyl sites for hydroxylation is 3. The maximum absolute atomic E-state index is 5.64. The van der Waals surface area contributed by atoms with Gasteiger partial charge < -0.3 is 14.6 Å². The van der Waals surface area contributed by atoms with Crippen LogP contribution in [0.4, 0.5) is 5.69 Å². The van der Waals surface area contributed by atoms with Crippen molar-refractivity contribution in [3.63, 3.8) is 0 Å². The Kier molecular flexibility index (Phi) is 4.50. The van der Waals surface area contributed by atoms with Gasteiger partial charge in [-0.1, -0.05) is 18.2 Å². The molecule has 30 heavy (non-hydrogen) atoms. The molecule has 7 heteroatoms. The summed E-state index contributed by atoms with van der Waals surface area (Å²) in [4.78, 5) is 9.18. The zero-order valence-electron chi connectivity index (χ0n) is 17.3. The topological polar surface area (TPSA) is 69.8 Å². The van der Waals surface area contributed by atoms with E-state index in [4.69, 9.17) is 9.72 Å². The summed E-state index contributed by atoms with van der Waals surface area (Å²) in [5.74, 6) is 2.39. The quantitative estimate of drug-likeness (QED) is 0.559. The monoisotopic (exact) mass is 400 g/mol. The van der Waals surface area contributed by atoms with Gasteiger partial charge in [-0.3, -0.25) is 4.68 Å². The highest BCUT2D eigenvalue weighted by atomic mass is 16.5. The predicted octanol–water partition coefficient (Wildman–Crippen LogP) is 4.08. The minimum absolute atomic E-state index is 0.140. The van der Waals surface area contributed by atoms with Gasteiger partial charge >= 0.3 is 0 Å². The molecule has 0 saturated carbocycles. The Hall–Kier alpha value is -3.61. The Morgan fingerprint density at radius 1 is 1.17 bits per heavy atom. The van der Waals surface area contributed by atoms with E-state index >= 15 is 0 Å². The second-order valence-corrected chi connectivity index (χ2v) is 7.62. The largest absolute Gasteiger partial charge is 0.495 e. The molecule has 5 rings (SSSR count). The Balaban J connectivity index is 1.46. The van der Waals surface area contributed by atoms with Crippen LogP contribution >= 0.6 is 0 Å². The molecule has 1 aliphatic heterocycles. The van der Waals surface area contributed by atoms with Crippen LogP contribution in [0, 0.1) is 6.92 Å². The second-order valence-electron chi connectivity index (χ2n) is 7.62. The van der Waals surface area contributed by atoms with Gasteiger partial charge in [-0.15, -0.1) is 0 Å². The second kappa shape index (κ2) is 7.33. The highest BCUT2D eigenvalue weighted by Gasteiger charge is 2.24. The number of imidazole rings is 1. The standard InChI is InChI=1S/C23H24N6O/c1-15-13-29(14-24-15)20-11-9-17(12-21(20)30-3)22-26-23(28(2)27-22)19-10-8-16-6-4-5-7-18(16)25-19/h4-7,9,11-14,19,25H,8,10H2,1-3H3. The van der Waals surface area contributed by atoms with E-state index in [1.54, 1.807) is 13.4 Å². The van der Waals surface area contributed by atoms with E-state index in [1.807, 2.05) is 47.6 Å². The molecule has 0 amide bonds. The van der Waals surface area contributed by atoms with E-state index in [-0.39, 0.29) is 6.04 Å². The molecule has 0 spiro atoms. The first kappa shape index (κ1) is 18.4. The fourth-order valence-electron chi connectivity index (χ4n) is 4.04. The van der Waals surface area contributed by atoms with Gasteiger partial charge in [-0.05, 0) is 49.6 Å². The average molecular weight is 400 g/mol. The molecule has 0 saturated heterocycles. The summed E-state index contributed by atoms with van der Waals surface area (Å²) in [6.45, 7) is 1.97. The lowest BCUT2D eigenvalue weighted by atomic mass is 9.98. The number of hydrogen-bond acceptors (Lipinski definition) is 5. The number of nitrogens with one attached hydrogen (secondary N) is 1. The van der Waals surface area contributed by atoms with E-state index in [2.05, 4.69) is 39.7 Å². The molecule has 0 fully saturated rings. The number of nitrogens with zero attached hydrogens (tertiary/aromatic N) is 5. The highest BCUT2D eigenvalue weighted by molar-refractivity contribution is 5.63. The number of methoxy groups -OCH3 is 1. The Morgan fingerprint density at radius 2 is 2.03 bits per heavy atom. The Bertz CT molecular complexity index is 1210. The van der Waals surface area contributed by atoms with Crippen molar-refractivity contribution >= 4 is 5.69 Å². The van der Waals surface area contributed by atoms with E-state index in [1.165, 1.54) is 11.3 Å². The first-order valence-corrected chi connectivity index (χ1v) is 10.1. The molecule has 0 radical (unpaired) electrons. The van der Waals surface area contributed by atoms with Crippen LogP contribution in [0.5, 0.6) is 5.75 Å². The van der Waals surface area contributed by atoms with Crippen LogP contribution in [0.15, 0.2) is 55.0 Å². The van der Waals surface area contributed by atoms with Gasteiger partial charge in [-0.2, -0.15) is 5.10 Å². The molecule has 152 valence electrons. The summed E-state index contributed by atoms with van der Waals surface area (Å²) in [7, 11) is 3.63. The first-order chi connectivity index (χ1) is 14.6. The number of rotatable bonds is 4. The number of aromatic nitrogens is 5. The fourth-order valence-corrected chi connectivity index (χ4v) is 4.04. The van der Waals surface area contributed by atoms with Gasteiger partial charge in [0.1, 0.15) is 11.6 Å². The summed E-state index contributed by atoms with van der Waals surface area (Å²) in [6.07, 6.45) is 5.78. The molecule has 0 bridgehead atoms. The van der Waals surface area contributed by atoms with Crippen molar-refractivity contribution in [3.05, 3.63) is 72.1 Å². The molecule has 7 nitrogen and oxygen atoms in total. The molecular formula is C23H24N6O. The third-order valence-electron chi connectivity index (χ3n) is 5.59. The van der Waals surface area contributed by atoms with Gasteiger partial charge in [0.15, 0.2) is 5.82 Å². The molecule has 3 heterocycles. The normalized spacial score (nSPS) is 15.5. The minimum atomic E-state index is 0.140. The van der Waals surface area contributed by atoms with E-state index in [0.717, 1.165) is 41.4 Å². The number of anilines is 1. The average Bonchev–Trinajstić information content (AvgIpc) is 3.38. The van der Waals surface area contributed by atoms with Gasteiger partial charge in [0, 0.05) is 24.5 Å². The van der Waals surface area contributed by atoms with Gasteiger partial charge in [0.05, 0.1) is 30.9 Å². The molecular weight excluding hydrogens is 376 g/mol. The molecule has 2 aromatic carbocycles. The van der Waals surface area contributed by atoms with Gasteiger partial charge in [0.25, 0.3) is 0 Å². The Labute approximate surface area is 175 Å². The van der Waals surface area contributed by atoms with Crippen molar-refractivity contribution < 1.29 is 4.74 Å². The summed E-state index contributed by atoms with van der Waals surface area (Å²) in [5.41, 5.74) is 5.35. The number of fused-ring (bicyclic) bond motifs is 1. The van der Waals surface area contributed by atoms with Crippen molar-refractivity contribution in [2.75, 3.05) is 12.4 Å². The zero-order valence-corrected chi connectivity index (χ0v) is 17.3. The van der Waals surface area contributed by atoms with Crippen molar-refractivity contribution in [1.29, 1.82) is 0 Å². The SMILES string of the molecule is COc1cc(-c2nc(C3CCc4ccccc4N3)n(C)n2)ccc1-n1cnc(C)c1. The molecule has 1 unspecified atom stereocenters. The Morgan fingerprint density at radius 3 is 2.83 bits per heavy atom. The maximum Gasteiger partial charge on any atom is 0.181 e. The summed E-state index contributed by atoms with van der Waals surface area (Å²) in [6, 6.07) is 14.6. The smallest absolute Gasteiger partial charge is 0.181 e. The molecule has 1 atom stereocenters. The number of ether oxygens (including phenoxy) is 1. The summed E-state index contributed by atoms with van der Waals surface area (Å²) >= 11 is 0. The molecule has 2 aromatic heterocycles. The molecule has 1 aliphatic rings. The van der Waals surface area contributed by atoms with Crippen LogP contribution in [0.25, 0.3) is 17.1 Å². The molecule has 0 aliphatic carbocycles. The van der Waals surface area contributed by atoms with Gasteiger partial charge in [-0.25, -0.2) is 9.97 Å². The highest BCUT2D eigenvalue weighted by Crippen LogP contribution is 2.33. The molecule has 4 aromatic rings. The lowest BCUT2D eigenvalue weighted by Crippen LogP contribution is -2.21. The van der Waals surface area contributed by atoms with E-state index in [9.17, 15) is 0 Å². The zero-order chi connectivity index (χ0) is 20.7. The van der Waals surface area contributed by atoms with Crippen molar-refractivity contribution in [1.82, 2.24) is 24.3 Å². The van der Waals surface area contributed by atoms with Crippen molar-refractivity contribution in [2.24, 2.45) is 7.05 Å². The fraction of sp³-hybridized carbons (Fsp3) is 0.261. The maximum atomic E-state index is 5.64. The number of para-hydroxylation sites is 1. The van der Waals surface area contributed by atoms with Crippen LogP contribution < -0.4 is 10.1 Å². The lowest BCUT2D eigenvalue weighted by Gasteiger charge is -2.26.